The zero-order valence-corrected chi connectivity index (χ0v) is 9.72. The van der Waals surface area contributed by atoms with Gasteiger partial charge in [-0.25, -0.2) is 4.98 Å². The van der Waals surface area contributed by atoms with Gasteiger partial charge in [0.05, 0.1) is 12.7 Å². The van der Waals surface area contributed by atoms with Crippen molar-refractivity contribution in [2.75, 3.05) is 6.54 Å². The Morgan fingerprint density at radius 2 is 2.47 bits per heavy atom. The summed E-state index contributed by atoms with van der Waals surface area (Å²) in [6.45, 7) is 3.26. The molecular weight excluding hydrogens is 218 g/mol. The number of amides is 1. The molecule has 0 atom stereocenters. The van der Waals surface area contributed by atoms with Gasteiger partial charge in [0.15, 0.2) is 0 Å². The van der Waals surface area contributed by atoms with Crippen LogP contribution in [0.5, 0.6) is 0 Å². The third-order valence-corrected chi connectivity index (χ3v) is 2.51. The summed E-state index contributed by atoms with van der Waals surface area (Å²) in [5.41, 5.74) is 0. The monoisotopic (exact) mass is 233 g/mol. The SMILES string of the molecule is Cc1nccn1CCNC(=O)Cc1ccco1. The minimum atomic E-state index is -0.0299. The van der Waals surface area contributed by atoms with Crippen LogP contribution in [-0.2, 0) is 17.8 Å². The maximum Gasteiger partial charge on any atom is 0.227 e. The number of nitrogens with one attached hydrogen (secondary N) is 1. The van der Waals surface area contributed by atoms with Crippen molar-refractivity contribution in [2.45, 2.75) is 19.9 Å². The van der Waals surface area contributed by atoms with Crippen LogP contribution in [0, 0.1) is 6.92 Å². The molecule has 0 saturated heterocycles. The van der Waals surface area contributed by atoms with Crippen molar-refractivity contribution in [3.05, 3.63) is 42.4 Å². The molecule has 0 saturated carbocycles. The number of rotatable bonds is 5. The number of carbonyl (C=O) groups is 1. The van der Waals surface area contributed by atoms with E-state index >= 15 is 0 Å². The Hall–Kier alpha value is -2.04. The average Bonchev–Trinajstić information content (AvgIpc) is 2.91. The molecule has 2 aromatic rings. The third-order valence-electron chi connectivity index (χ3n) is 2.51. The predicted octanol–water partition coefficient (Wildman–Crippen LogP) is 1.14. The number of aryl methyl sites for hydroxylation is 1. The maximum atomic E-state index is 11.5. The highest BCUT2D eigenvalue weighted by Gasteiger charge is 2.04. The van der Waals surface area contributed by atoms with Gasteiger partial charge in [0.2, 0.25) is 5.91 Å². The summed E-state index contributed by atoms with van der Waals surface area (Å²) in [5.74, 6) is 1.60. The first-order valence-electron chi connectivity index (χ1n) is 5.52. The summed E-state index contributed by atoms with van der Waals surface area (Å²) < 4.78 is 7.09. The Labute approximate surface area is 99.5 Å². The molecule has 0 radical (unpaired) electrons. The first kappa shape index (κ1) is 11.4. The van der Waals surface area contributed by atoms with Gasteiger partial charge in [0, 0.05) is 25.5 Å². The second-order valence-electron chi connectivity index (χ2n) is 3.77. The highest BCUT2D eigenvalue weighted by molar-refractivity contribution is 5.77. The fourth-order valence-corrected chi connectivity index (χ4v) is 1.59. The van der Waals surface area contributed by atoms with E-state index < -0.39 is 0 Å². The fraction of sp³-hybridized carbons (Fsp3) is 0.333. The van der Waals surface area contributed by atoms with Crippen LogP contribution in [0.2, 0.25) is 0 Å². The standard InChI is InChI=1S/C12H15N3O2/c1-10-13-4-6-15(10)7-5-14-12(16)9-11-3-2-8-17-11/h2-4,6,8H,5,7,9H2,1H3,(H,14,16). The molecule has 5 heteroatoms. The van der Waals surface area contributed by atoms with Crippen molar-refractivity contribution in [1.82, 2.24) is 14.9 Å². The van der Waals surface area contributed by atoms with Gasteiger partial charge < -0.3 is 14.3 Å². The van der Waals surface area contributed by atoms with Gasteiger partial charge in [-0.1, -0.05) is 0 Å². The van der Waals surface area contributed by atoms with Crippen LogP contribution in [0.15, 0.2) is 35.2 Å². The number of hydrogen-bond acceptors (Lipinski definition) is 3. The van der Waals surface area contributed by atoms with E-state index in [1.807, 2.05) is 17.7 Å². The molecule has 1 N–H and O–H groups in total. The third kappa shape index (κ3) is 3.21. The van der Waals surface area contributed by atoms with Crippen LogP contribution in [0.1, 0.15) is 11.6 Å². The Morgan fingerprint density at radius 3 is 3.12 bits per heavy atom. The number of hydrogen-bond donors (Lipinski definition) is 1. The minimum Gasteiger partial charge on any atom is -0.469 e. The van der Waals surface area contributed by atoms with E-state index in [2.05, 4.69) is 10.3 Å². The Kier molecular flexibility index (Phi) is 3.59. The van der Waals surface area contributed by atoms with Crippen molar-refractivity contribution < 1.29 is 9.21 Å². The second kappa shape index (κ2) is 5.34. The van der Waals surface area contributed by atoms with Gasteiger partial charge in [-0.3, -0.25) is 4.79 Å². The largest absolute Gasteiger partial charge is 0.469 e. The van der Waals surface area contributed by atoms with E-state index in [0.29, 0.717) is 12.3 Å². The highest BCUT2D eigenvalue weighted by Crippen LogP contribution is 2.00. The normalized spacial score (nSPS) is 10.4. The van der Waals surface area contributed by atoms with Crippen LogP contribution in [0.25, 0.3) is 0 Å². The molecule has 0 aromatic carbocycles. The lowest BCUT2D eigenvalue weighted by Gasteiger charge is -2.06. The molecule has 0 spiro atoms. The van der Waals surface area contributed by atoms with Crippen LogP contribution in [-0.4, -0.2) is 22.0 Å². The molecule has 2 aromatic heterocycles. The Balaban J connectivity index is 1.72. The quantitative estimate of drug-likeness (QED) is 0.842. The molecule has 0 fully saturated rings. The van der Waals surface area contributed by atoms with Gasteiger partial charge in [-0.15, -0.1) is 0 Å². The van der Waals surface area contributed by atoms with E-state index in [-0.39, 0.29) is 12.3 Å². The molecule has 0 aliphatic heterocycles. The number of aromatic nitrogens is 2. The van der Waals surface area contributed by atoms with Gasteiger partial charge in [-0.05, 0) is 19.1 Å². The smallest absolute Gasteiger partial charge is 0.227 e. The van der Waals surface area contributed by atoms with Crippen LogP contribution in [0.4, 0.5) is 0 Å². The lowest BCUT2D eigenvalue weighted by molar-refractivity contribution is -0.120. The summed E-state index contributed by atoms with van der Waals surface area (Å²) in [5, 5.41) is 2.84. The molecule has 2 heterocycles. The van der Waals surface area contributed by atoms with Crippen LogP contribution >= 0.6 is 0 Å². The van der Waals surface area contributed by atoms with Crippen LogP contribution < -0.4 is 5.32 Å². The number of imidazole rings is 1. The lowest BCUT2D eigenvalue weighted by Crippen LogP contribution is -2.28. The molecule has 2 rings (SSSR count). The molecule has 0 unspecified atom stereocenters. The molecule has 17 heavy (non-hydrogen) atoms. The topological polar surface area (TPSA) is 60.1 Å². The first-order chi connectivity index (χ1) is 8.25. The van der Waals surface area contributed by atoms with Crippen molar-refractivity contribution >= 4 is 5.91 Å². The van der Waals surface area contributed by atoms with Gasteiger partial charge in [-0.2, -0.15) is 0 Å². The molecule has 0 aliphatic rings. The second-order valence-corrected chi connectivity index (χ2v) is 3.77. The van der Waals surface area contributed by atoms with E-state index in [9.17, 15) is 4.79 Å². The molecule has 0 bridgehead atoms. The molecule has 0 aliphatic carbocycles. The van der Waals surface area contributed by atoms with E-state index in [0.717, 1.165) is 12.4 Å². The maximum absolute atomic E-state index is 11.5. The van der Waals surface area contributed by atoms with E-state index in [1.165, 1.54) is 0 Å². The summed E-state index contributed by atoms with van der Waals surface area (Å²) in [4.78, 5) is 15.6. The van der Waals surface area contributed by atoms with Crippen molar-refractivity contribution in [3.8, 4) is 0 Å². The summed E-state index contributed by atoms with van der Waals surface area (Å²) in [6.07, 6.45) is 5.50. The molecule has 5 nitrogen and oxygen atoms in total. The highest BCUT2D eigenvalue weighted by atomic mass is 16.3. The summed E-state index contributed by atoms with van der Waals surface area (Å²) >= 11 is 0. The fourth-order valence-electron chi connectivity index (χ4n) is 1.59. The average molecular weight is 233 g/mol. The van der Waals surface area contributed by atoms with Gasteiger partial charge in [0.25, 0.3) is 0 Å². The van der Waals surface area contributed by atoms with E-state index in [1.54, 1.807) is 24.6 Å². The predicted molar refractivity (Wildman–Crippen MR) is 62.4 cm³/mol. The van der Waals surface area contributed by atoms with Gasteiger partial charge in [0.1, 0.15) is 11.6 Å². The summed E-state index contributed by atoms with van der Waals surface area (Å²) in [6, 6.07) is 3.57. The van der Waals surface area contributed by atoms with Gasteiger partial charge >= 0.3 is 0 Å². The first-order valence-corrected chi connectivity index (χ1v) is 5.52. The minimum absolute atomic E-state index is 0.0299. The summed E-state index contributed by atoms with van der Waals surface area (Å²) in [7, 11) is 0. The van der Waals surface area contributed by atoms with Crippen molar-refractivity contribution in [3.63, 3.8) is 0 Å². The number of furan rings is 1. The lowest BCUT2D eigenvalue weighted by atomic mass is 10.3. The number of carbonyl (C=O) groups excluding carboxylic acids is 1. The molecule has 90 valence electrons. The Bertz CT molecular complexity index is 474. The van der Waals surface area contributed by atoms with Crippen molar-refractivity contribution in [1.29, 1.82) is 0 Å². The Morgan fingerprint density at radius 1 is 1.59 bits per heavy atom. The van der Waals surface area contributed by atoms with Crippen molar-refractivity contribution in [2.24, 2.45) is 0 Å². The molecular formula is C12H15N3O2. The molecule has 1 amide bonds. The number of nitrogens with zero attached hydrogens (tertiary/aromatic N) is 2. The van der Waals surface area contributed by atoms with E-state index in [4.69, 9.17) is 4.42 Å². The zero-order chi connectivity index (χ0) is 12.1. The van der Waals surface area contributed by atoms with Crippen LogP contribution in [0.3, 0.4) is 0 Å². The zero-order valence-electron chi connectivity index (χ0n) is 9.72.